The highest BCUT2D eigenvalue weighted by Crippen LogP contribution is 2.38. The Bertz CT molecular complexity index is 743. The Balaban J connectivity index is 2.06. The van der Waals surface area contributed by atoms with Gasteiger partial charge in [-0.3, -0.25) is 0 Å². The number of rotatable bonds is 3. The molecule has 0 saturated carbocycles. The van der Waals surface area contributed by atoms with Crippen LogP contribution in [-0.4, -0.2) is 7.05 Å². The maximum atomic E-state index is 13.3. The quantitative estimate of drug-likeness (QED) is 0.644. The van der Waals surface area contributed by atoms with Gasteiger partial charge in [0.1, 0.15) is 5.82 Å². The first kappa shape index (κ1) is 14.2. The second kappa shape index (κ2) is 5.56. The molecule has 0 aliphatic carbocycles. The second-order valence-corrected chi connectivity index (χ2v) is 8.18. The molecule has 104 valence electrons. The minimum Gasteiger partial charge on any atom is -0.308 e. The molecule has 1 atom stereocenters. The normalized spacial score (nSPS) is 13.0. The molecular weight excluding hydrogens is 357 g/mol. The van der Waals surface area contributed by atoms with Crippen molar-refractivity contribution in [3.8, 4) is 0 Å². The van der Waals surface area contributed by atoms with Gasteiger partial charge in [0.25, 0.3) is 0 Å². The molecule has 1 unspecified atom stereocenters. The van der Waals surface area contributed by atoms with E-state index in [1.807, 2.05) is 13.1 Å². The predicted molar refractivity (Wildman–Crippen MR) is 89.4 cm³/mol. The highest BCUT2D eigenvalue weighted by Gasteiger charge is 2.18. The average molecular weight is 370 g/mol. The second-order valence-electron chi connectivity index (χ2n) is 4.66. The minimum absolute atomic E-state index is 0.158. The van der Waals surface area contributed by atoms with E-state index in [1.165, 1.54) is 25.2 Å². The number of hydrogen-bond donors (Lipinski definition) is 1. The van der Waals surface area contributed by atoms with Gasteiger partial charge in [0.15, 0.2) is 0 Å². The Hall–Kier alpha value is -0.750. The molecule has 0 amide bonds. The lowest BCUT2D eigenvalue weighted by Gasteiger charge is -2.11. The lowest BCUT2D eigenvalue weighted by molar-refractivity contribution is 0.630. The van der Waals surface area contributed by atoms with Crippen molar-refractivity contribution in [1.82, 2.24) is 5.32 Å². The molecule has 0 bridgehead atoms. The summed E-state index contributed by atoms with van der Waals surface area (Å²) in [7, 11) is 1.96. The standard InChI is InChI=1S/C15H13BrFNS2/c1-8-5-12(20-15(8)16)14(18-2)13-6-9-3-4-10(17)7-11(9)19-13/h3-7,14,18H,1-2H3. The van der Waals surface area contributed by atoms with E-state index in [0.29, 0.717) is 0 Å². The number of benzene rings is 1. The smallest absolute Gasteiger partial charge is 0.124 e. The first-order valence-electron chi connectivity index (χ1n) is 6.20. The van der Waals surface area contributed by atoms with E-state index in [4.69, 9.17) is 0 Å². The van der Waals surface area contributed by atoms with Gasteiger partial charge >= 0.3 is 0 Å². The fourth-order valence-electron chi connectivity index (χ4n) is 2.22. The molecule has 0 aliphatic heterocycles. The maximum Gasteiger partial charge on any atom is 0.124 e. The first-order chi connectivity index (χ1) is 9.58. The van der Waals surface area contributed by atoms with Crippen LogP contribution >= 0.6 is 38.6 Å². The van der Waals surface area contributed by atoms with Crippen LogP contribution in [-0.2, 0) is 0 Å². The fraction of sp³-hybridized carbons (Fsp3) is 0.200. The number of hydrogen-bond acceptors (Lipinski definition) is 3. The highest BCUT2D eigenvalue weighted by molar-refractivity contribution is 9.11. The zero-order chi connectivity index (χ0) is 14.3. The SMILES string of the molecule is CNC(c1cc(C)c(Br)s1)c1cc2ccc(F)cc2s1. The summed E-state index contributed by atoms with van der Waals surface area (Å²) in [4.78, 5) is 2.48. The third-order valence-electron chi connectivity index (χ3n) is 3.24. The van der Waals surface area contributed by atoms with Gasteiger partial charge in [-0.2, -0.15) is 0 Å². The summed E-state index contributed by atoms with van der Waals surface area (Å²) < 4.78 is 15.5. The van der Waals surface area contributed by atoms with E-state index in [-0.39, 0.29) is 11.9 Å². The maximum absolute atomic E-state index is 13.3. The molecule has 2 aromatic heterocycles. The average Bonchev–Trinajstić information content (AvgIpc) is 2.95. The molecule has 1 nitrogen and oxygen atoms in total. The van der Waals surface area contributed by atoms with E-state index in [0.717, 1.165) is 10.1 Å². The summed E-state index contributed by atoms with van der Waals surface area (Å²) in [5.74, 6) is -0.179. The molecule has 0 saturated heterocycles. The van der Waals surface area contributed by atoms with Crippen LogP contribution in [0.1, 0.15) is 21.4 Å². The summed E-state index contributed by atoms with van der Waals surface area (Å²) in [5.41, 5.74) is 1.25. The Morgan fingerprint density at radius 1 is 1.15 bits per heavy atom. The number of aryl methyl sites for hydroxylation is 1. The van der Waals surface area contributed by atoms with Crippen LogP contribution in [0.25, 0.3) is 10.1 Å². The predicted octanol–water partition coefficient (Wildman–Crippen LogP) is 5.48. The van der Waals surface area contributed by atoms with Gasteiger partial charge in [-0.1, -0.05) is 6.07 Å². The van der Waals surface area contributed by atoms with Crippen molar-refractivity contribution < 1.29 is 4.39 Å². The monoisotopic (exact) mass is 369 g/mol. The van der Waals surface area contributed by atoms with Gasteiger partial charge in [-0.15, -0.1) is 22.7 Å². The Labute approximate surface area is 133 Å². The summed E-state index contributed by atoms with van der Waals surface area (Å²) in [6.07, 6.45) is 0. The lowest BCUT2D eigenvalue weighted by atomic mass is 10.1. The van der Waals surface area contributed by atoms with E-state index >= 15 is 0 Å². The first-order valence-corrected chi connectivity index (χ1v) is 8.63. The molecule has 20 heavy (non-hydrogen) atoms. The molecule has 0 radical (unpaired) electrons. The number of fused-ring (bicyclic) bond motifs is 1. The molecule has 0 fully saturated rings. The van der Waals surface area contributed by atoms with E-state index in [2.05, 4.69) is 40.3 Å². The number of halogens is 2. The van der Waals surface area contributed by atoms with Gasteiger partial charge in [0.2, 0.25) is 0 Å². The van der Waals surface area contributed by atoms with Crippen LogP contribution < -0.4 is 5.32 Å². The van der Waals surface area contributed by atoms with Crippen LogP contribution in [0.4, 0.5) is 4.39 Å². The zero-order valence-electron chi connectivity index (χ0n) is 11.0. The van der Waals surface area contributed by atoms with Crippen molar-refractivity contribution in [2.75, 3.05) is 7.05 Å². The van der Waals surface area contributed by atoms with Gasteiger partial charge in [0, 0.05) is 14.5 Å². The van der Waals surface area contributed by atoms with Crippen LogP contribution in [0.5, 0.6) is 0 Å². The van der Waals surface area contributed by atoms with Gasteiger partial charge < -0.3 is 5.32 Å². The Morgan fingerprint density at radius 2 is 1.90 bits per heavy atom. The Morgan fingerprint density at radius 3 is 2.55 bits per heavy atom. The molecule has 2 heterocycles. The summed E-state index contributed by atoms with van der Waals surface area (Å²) in [6, 6.07) is 9.45. The van der Waals surface area contributed by atoms with Gasteiger partial charge in [-0.25, -0.2) is 4.39 Å². The third-order valence-corrected chi connectivity index (χ3v) is 6.60. The fourth-order valence-corrected chi connectivity index (χ4v) is 5.21. The third kappa shape index (κ3) is 2.55. The van der Waals surface area contributed by atoms with Crippen LogP contribution in [0.15, 0.2) is 34.1 Å². The topological polar surface area (TPSA) is 12.0 Å². The summed E-state index contributed by atoms with van der Waals surface area (Å²) in [5, 5.41) is 4.45. The van der Waals surface area contributed by atoms with E-state index in [1.54, 1.807) is 28.7 Å². The summed E-state index contributed by atoms with van der Waals surface area (Å²) in [6.45, 7) is 2.09. The molecule has 0 spiro atoms. The van der Waals surface area contributed by atoms with Gasteiger partial charge in [-0.05, 0) is 65.1 Å². The van der Waals surface area contributed by atoms with Crippen molar-refractivity contribution in [2.45, 2.75) is 13.0 Å². The van der Waals surface area contributed by atoms with Crippen LogP contribution in [0.2, 0.25) is 0 Å². The molecule has 0 aliphatic rings. The van der Waals surface area contributed by atoms with Crippen molar-refractivity contribution in [3.63, 3.8) is 0 Å². The Kier molecular flexibility index (Phi) is 3.95. The molecule has 1 aromatic carbocycles. The van der Waals surface area contributed by atoms with Crippen LogP contribution in [0, 0.1) is 12.7 Å². The zero-order valence-corrected chi connectivity index (χ0v) is 14.3. The lowest BCUT2D eigenvalue weighted by Crippen LogP contribution is -2.14. The molecule has 1 N–H and O–H groups in total. The summed E-state index contributed by atoms with van der Waals surface area (Å²) >= 11 is 6.96. The molecule has 3 aromatic rings. The van der Waals surface area contributed by atoms with Crippen molar-refractivity contribution in [3.05, 3.63) is 55.3 Å². The minimum atomic E-state index is -0.179. The van der Waals surface area contributed by atoms with Crippen molar-refractivity contribution in [2.24, 2.45) is 0 Å². The van der Waals surface area contributed by atoms with E-state index < -0.39 is 0 Å². The molecule has 3 rings (SSSR count). The van der Waals surface area contributed by atoms with Crippen molar-refractivity contribution in [1.29, 1.82) is 0 Å². The number of nitrogens with one attached hydrogen (secondary N) is 1. The molecular formula is C15H13BrFNS2. The van der Waals surface area contributed by atoms with E-state index in [9.17, 15) is 4.39 Å². The van der Waals surface area contributed by atoms with Crippen LogP contribution in [0.3, 0.4) is 0 Å². The largest absolute Gasteiger partial charge is 0.308 e. The van der Waals surface area contributed by atoms with Crippen molar-refractivity contribution >= 4 is 48.7 Å². The number of thiophene rings is 2. The molecule has 5 heteroatoms. The highest BCUT2D eigenvalue weighted by atomic mass is 79.9. The van der Waals surface area contributed by atoms with Gasteiger partial charge in [0.05, 0.1) is 9.83 Å².